The lowest BCUT2D eigenvalue weighted by Crippen LogP contribution is -2.11. The lowest BCUT2D eigenvalue weighted by atomic mass is 10.1. The van der Waals surface area contributed by atoms with Crippen LogP contribution in [0, 0.1) is 5.41 Å². The second-order valence-corrected chi connectivity index (χ2v) is 6.24. The summed E-state index contributed by atoms with van der Waals surface area (Å²) < 4.78 is 1.01. The molecule has 0 heterocycles. The van der Waals surface area contributed by atoms with Gasteiger partial charge in [-0.25, -0.2) is 0 Å². The maximum Gasteiger partial charge on any atom is 0.104 e. The van der Waals surface area contributed by atoms with E-state index in [1.807, 2.05) is 18.2 Å². The zero-order valence-corrected chi connectivity index (χ0v) is 11.8. The Morgan fingerprint density at radius 1 is 1.56 bits per heavy atom. The summed E-state index contributed by atoms with van der Waals surface area (Å²) >= 11 is 8.47. The molecule has 0 amide bonds. The molecule has 1 atom stereocenters. The number of thiocarbonyl (C=S) groups is 1. The summed E-state index contributed by atoms with van der Waals surface area (Å²) in [5.41, 5.74) is 8.00. The minimum absolute atomic E-state index is 0.418. The van der Waals surface area contributed by atoms with E-state index in [1.165, 1.54) is 6.42 Å². The molecule has 0 radical (unpaired) electrons. The summed E-state index contributed by atoms with van der Waals surface area (Å²) in [6, 6.07) is 6.50. The number of anilines is 1. The third-order valence-corrected chi connectivity index (χ3v) is 3.99. The maximum absolute atomic E-state index is 5.58. The quantitative estimate of drug-likeness (QED) is 0.841. The van der Waals surface area contributed by atoms with Gasteiger partial charge in [-0.15, -0.1) is 0 Å². The normalized spacial score (nSPS) is 21.6. The van der Waals surface area contributed by atoms with Crippen molar-refractivity contribution < 1.29 is 0 Å². The van der Waals surface area contributed by atoms with Crippen molar-refractivity contribution in [3.8, 4) is 0 Å². The smallest absolute Gasteiger partial charge is 0.104 e. The zero-order chi connectivity index (χ0) is 11.9. The Labute approximate surface area is 110 Å². The molecular weight excluding hydrogens is 284 g/mol. The third-order valence-electron chi connectivity index (χ3n) is 3.10. The Bertz CT molecular complexity index is 443. The van der Waals surface area contributed by atoms with E-state index < -0.39 is 0 Å². The molecule has 1 fully saturated rings. The number of hydrogen-bond acceptors (Lipinski definition) is 2. The summed E-state index contributed by atoms with van der Waals surface area (Å²) in [7, 11) is 0. The Balaban J connectivity index is 2.14. The molecule has 16 heavy (non-hydrogen) atoms. The second kappa shape index (κ2) is 4.00. The predicted molar refractivity (Wildman–Crippen MR) is 75.8 cm³/mol. The van der Waals surface area contributed by atoms with Crippen molar-refractivity contribution >= 4 is 38.8 Å². The highest BCUT2D eigenvalue weighted by Crippen LogP contribution is 2.47. The lowest BCUT2D eigenvalue weighted by molar-refractivity contribution is 0.630. The third kappa shape index (κ3) is 2.38. The van der Waals surface area contributed by atoms with E-state index in [4.69, 9.17) is 18.0 Å². The van der Waals surface area contributed by atoms with Crippen LogP contribution in [0.15, 0.2) is 22.7 Å². The van der Waals surface area contributed by atoms with Gasteiger partial charge in [0.25, 0.3) is 0 Å². The highest BCUT2D eigenvalue weighted by molar-refractivity contribution is 9.10. The van der Waals surface area contributed by atoms with E-state index >= 15 is 0 Å². The summed E-state index contributed by atoms with van der Waals surface area (Å²) in [5.74, 6) is 0. The molecule has 0 saturated heterocycles. The van der Waals surface area contributed by atoms with Gasteiger partial charge >= 0.3 is 0 Å². The van der Waals surface area contributed by atoms with Gasteiger partial charge in [-0.2, -0.15) is 0 Å². The fourth-order valence-electron chi connectivity index (χ4n) is 1.69. The summed E-state index contributed by atoms with van der Waals surface area (Å²) in [5, 5.41) is 3.51. The Kier molecular flexibility index (Phi) is 2.97. The van der Waals surface area contributed by atoms with E-state index in [0.717, 1.165) is 15.7 Å². The molecule has 1 aliphatic carbocycles. The molecule has 2 rings (SSSR count). The molecule has 0 aromatic heterocycles. The van der Waals surface area contributed by atoms with Gasteiger partial charge in [-0.3, -0.25) is 0 Å². The number of hydrogen-bond donors (Lipinski definition) is 2. The molecule has 0 bridgehead atoms. The van der Waals surface area contributed by atoms with E-state index in [0.29, 0.717) is 16.4 Å². The number of halogens is 1. The van der Waals surface area contributed by atoms with Crippen LogP contribution in [0.5, 0.6) is 0 Å². The molecule has 86 valence electrons. The fraction of sp³-hybridized carbons (Fsp3) is 0.417. The molecule has 4 heteroatoms. The molecule has 1 aromatic carbocycles. The first kappa shape index (κ1) is 11.9. The van der Waals surface area contributed by atoms with Crippen LogP contribution in [0.3, 0.4) is 0 Å². The molecule has 0 spiro atoms. The molecule has 2 nitrogen and oxygen atoms in total. The van der Waals surface area contributed by atoms with Crippen LogP contribution in [0.2, 0.25) is 0 Å². The second-order valence-electron chi connectivity index (χ2n) is 4.95. The molecular formula is C12H15BrN2S. The lowest BCUT2D eigenvalue weighted by Gasteiger charge is -2.11. The van der Waals surface area contributed by atoms with Crippen molar-refractivity contribution in [3.63, 3.8) is 0 Å². The van der Waals surface area contributed by atoms with Gasteiger partial charge in [-0.05, 0) is 46.0 Å². The number of benzene rings is 1. The van der Waals surface area contributed by atoms with Crippen molar-refractivity contribution in [2.24, 2.45) is 11.1 Å². The van der Waals surface area contributed by atoms with Crippen molar-refractivity contribution in [1.82, 2.24) is 0 Å². The van der Waals surface area contributed by atoms with Gasteiger partial charge in [-0.1, -0.05) is 26.1 Å². The van der Waals surface area contributed by atoms with E-state index in [2.05, 4.69) is 35.1 Å². The first-order valence-electron chi connectivity index (χ1n) is 5.26. The highest BCUT2D eigenvalue weighted by Gasteiger charge is 2.45. The van der Waals surface area contributed by atoms with Crippen LogP contribution < -0.4 is 11.1 Å². The highest BCUT2D eigenvalue weighted by atomic mass is 79.9. The minimum Gasteiger partial charge on any atom is -0.389 e. The van der Waals surface area contributed by atoms with E-state index in [-0.39, 0.29) is 0 Å². The van der Waals surface area contributed by atoms with Gasteiger partial charge in [0.2, 0.25) is 0 Å². The standard InChI is InChI=1S/C12H15BrN2S/c1-12(2)6-10(12)15-9-4-3-7(11(14)16)5-8(9)13/h3-5,10,15H,6H2,1-2H3,(H2,14,16). The predicted octanol–water partition coefficient (Wildman–Crippen LogP) is 3.29. The molecule has 1 aliphatic rings. The summed E-state index contributed by atoms with van der Waals surface area (Å²) in [4.78, 5) is 0.430. The van der Waals surface area contributed by atoms with Crippen molar-refractivity contribution in [2.75, 3.05) is 5.32 Å². The average Bonchev–Trinajstić information content (AvgIpc) is 2.77. The fourth-order valence-corrected chi connectivity index (χ4v) is 2.31. The van der Waals surface area contributed by atoms with Crippen LogP contribution in [-0.4, -0.2) is 11.0 Å². The topological polar surface area (TPSA) is 38.0 Å². The van der Waals surface area contributed by atoms with Crippen LogP contribution in [0.4, 0.5) is 5.69 Å². The van der Waals surface area contributed by atoms with Crippen LogP contribution >= 0.6 is 28.1 Å². The van der Waals surface area contributed by atoms with Gasteiger partial charge in [0, 0.05) is 21.8 Å². The van der Waals surface area contributed by atoms with E-state index in [9.17, 15) is 0 Å². The summed E-state index contributed by atoms with van der Waals surface area (Å²) in [6.45, 7) is 4.53. The zero-order valence-electron chi connectivity index (χ0n) is 9.38. The molecule has 1 unspecified atom stereocenters. The monoisotopic (exact) mass is 298 g/mol. The Morgan fingerprint density at radius 2 is 2.19 bits per heavy atom. The van der Waals surface area contributed by atoms with Gasteiger partial charge < -0.3 is 11.1 Å². The summed E-state index contributed by atoms with van der Waals surface area (Å²) in [6.07, 6.45) is 1.22. The SMILES string of the molecule is CC1(C)CC1Nc1ccc(C(N)=S)cc1Br. The van der Waals surface area contributed by atoms with Gasteiger partial charge in [0.15, 0.2) is 0 Å². The first-order chi connectivity index (χ1) is 7.40. The minimum atomic E-state index is 0.418. The number of nitrogens with two attached hydrogens (primary N) is 1. The number of nitrogens with one attached hydrogen (secondary N) is 1. The number of rotatable bonds is 3. The largest absolute Gasteiger partial charge is 0.389 e. The first-order valence-corrected chi connectivity index (χ1v) is 6.46. The van der Waals surface area contributed by atoms with Crippen molar-refractivity contribution in [3.05, 3.63) is 28.2 Å². The Morgan fingerprint density at radius 3 is 2.62 bits per heavy atom. The van der Waals surface area contributed by atoms with Gasteiger partial charge in [0.05, 0.1) is 0 Å². The van der Waals surface area contributed by atoms with Crippen LogP contribution in [0.25, 0.3) is 0 Å². The van der Waals surface area contributed by atoms with Gasteiger partial charge in [0.1, 0.15) is 4.99 Å². The van der Waals surface area contributed by atoms with Crippen LogP contribution in [0.1, 0.15) is 25.8 Å². The van der Waals surface area contributed by atoms with Crippen molar-refractivity contribution in [2.45, 2.75) is 26.3 Å². The Hall–Kier alpha value is -0.610. The van der Waals surface area contributed by atoms with Crippen molar-refractivity contribution in [1.29, 1.82) is 0 Å². The molecule has 3 N–H and O–H groups in total. The molecule has 1 aromatic rings. The maximum atomic E-state index is 5.58. The van der Waals surface area contributed by atoms with E-state index in [1.54, 1.807) is 0 Å². The molecule has 0 aliphatic heterocycles. The van der Waals surface area contributed by atoms with Crippen LogP contribution in [-0.2, 0) is 0 Å². The average molecular weight is 299 g/mol. The molecule has 1 saturated carbocycles.